The van der Waals surface area contributed by atoms with Gasteiger partial charge in [-0.25, -0.2) is 0 Å². The fourth-order valence-electron chi connectivity index (χ4n) is 2.37. The highest BCUT2D eigenvalue weighted by Crippen LogP contribution is 2.22. The van der Waals surface area contributed by atoms with E-state index in [2.05, 4.69) is 29.4 Å². The highest BCUT2D eigenvalue weighted by Gasteiger charge is 2.17. The van der Waals surface area contributed by atoms with Crippen LogP contribution in [-0.4, -0.2) is 23.3 Å². The van der Waals surface area contributed by atoms with Gasteiger partial charge in [-0.2, -0.15) is 5.10 Å². The van der Waals surface area contributed by atoms with Crippen LogP contribution in [0.4, 0.5) is 0 Å². The summed E-state index contributed by atoms with van der Waals surface area (Å²) in [7, 11) is 0. The number of aromatic nitrogens is 2. The number of nitrogens with zero attached hydrogens (tertiary/aromatic N) is 1. The first-order valence-corrected chi connectivity index (χ1v) is 6.00. The summed E-state index contributed by atoms with van der Waals surface area (Å²) in [5.74, 6) is 1.37. The highest BCUT2D eigenvalue weighted by atomic mass is 15.1. The Bertz CT molecular complexity index is 298. The molecule has 1 fully saturated rings. The van der Waals surface area contributed by atoms with Crippen molar-refractivity contribution in [2.24, 2.45) is 5.92 Å². The van der Waals surface area contributed by atoms with E-state index in [1.807, 2.05) is 6.20 Å². The van der Waals surface area contributed by atoms with Gasteiger partial charge < -0.3 is 5.32 Å². The van der Waals surface area contributed by atoms with Gasteiger partial charge in [0.2, 0.25) is 0 Å². The van der Waals surface area contributed by atoms with Crippen LogP contribution in [-0.2, 0) is 6.42 Å². The average molecular weight is 207 g/mol. The monoisotopic (exact) mass is 207 g/mol. The van der Waals surface area contributed by atoms with E-state index in [1.165, 1.54) is 30.6 Å². The Kier molecular flexibility index (Phi) is 3.41. The molecule has 0 bridgehead atoms. The minimum Gasteiger partial charge on any atom is -0.316 e. The summed E-state index contributed by atoms with van der Waals surface area (Å²) in [5, 5.41) is 10.8. The molecule has 1 unspecified atom stereocenters. The molecule has 2 rings (SSSR count). The predicted molar refractivity (Wildman–Crippen MR) is 62.0 cm³/mol. The third kappa shape index (κ3) is 2.59. The molecule has 1 atom stereocenters. The Hall–Kier alpha value is -0.830. The van der Waals surface area contributed by atoms with Crippen LogP contribution in [0.2, 0.25) is 0 Å². The first-order chi connectivity index (χ1) is 7.27. The first kappa shape index (κ1) is 10.7. The number of nitrogens with one attached hydrogen (secondary N) is 2. The fraction of sp³-hybridized carbons (Fsp3) is 0.750. The molecule has 0 saturated carbocycles. The molecule has 3 nitrogen and oxygen atoms in total. The van der Waals surface area contributed by atoms with Crippen LogP contribution in [0.5, 0.6) is 0 Å². The van der Waals surface area contributed by atoms with Crippen LogP contribution in [0.3, 0.4) is 0 Å². The zero-order valence-corrected chi connectivity index (χ0v) is 9.71. The first-order valence-electron chi connectivity index (χ1n) is 6.00. The number of H-pyrrole nitrogens is 1. The lowest BCUT2D eigenvalue weighted by atomic mass is 9.91. The molecular weight excluding hydrogens is 186 g/mol. The molecule has 0 aliphatic carbocycles. The number of hydrogen-bond donors (Lipinski definition) is 2. The maximum atomic E-state index is 4.16. The van der Waals surface area contributed by atoms with E-state index in [-0.39, 0.29) is 0 Å². The Morgan fingerprint density at radius 2 is 2.40 bits per heavy atom. The highest BCUT2D eigenvalue weighted by molar-refractivity contribution is 5.20. The van der Waals surface area contributed by atoms with Crippen LogP contribution < -0.4 is 5.32 Å². The molecule has 15 heavy (non-hydrogen) atoms. The third-order valence-corrected chi connectivity index (χ3v) is 3.27. The topological polar surface area (TPSA) is 40.7 Å². The zero-order valence-electron chi connectivity index (χ0n) is 9.71. The van der Waals surface area contributed by atoms with Gasteiger partial charge in [-0.15, -0.1) is 0 Å². The molecule has 1 aromatic rings. The molecule has 1 aliphatic rings. The predicted octanol–water partition coefficient (Wildman–Crippen LogP) is 2.08. The Labute approximate surface area is 91.7 Å². The van der Waals surface area contributed by atoms with Crippen LogP contribution in [0, 0.1) is 5.92 Å². The van der Waals surface area contributed by atoms with Crippen molar-refractivity contribution in [3.8, 4) is 0 Å². The molecule has 0 spiro atoms. The average Bonchev–Trinajstić information content (AvgIpc) is 2.67. The quantitative estimate of drug-likeness (QED) is 0.796. The van der Waals surface area contributed by atoms with Gasteiger partial charge in [0, 0.05) is 5.69 Å². The maximum Gasteiger partial charge on any atom is 0.0524 e. The lowest BCUT2D eigenvalue weighted by Gasteiger charge is -2.22. The van der Waals surface area contributed by atoms with E-state index in [9.17, 15) is 0 Å². The number of aromatic amines is 1. The second kappa shape index (κ2) is 4.79. The molecule has 0 radical (unpaired) electrons. The molecule has 2 heterocycles. The Morgan fingerprint density at radius 1 is 1.53 bits per heavy atom. The summed E-state index contributed by atoms with van der Waals surface area (Å²) in [6.45, 7) is 6.81. The maximum absolute atomic E-state index is 4.16. The van der Waals surface area contributed by atoms with Crippen molar-refractivity contribution < 1.29 is 0 Å². The van der Waals surface area contributed by atoms with E-state index < -0.39 is 0 Å². The van der Waals surface area contributed by atoms with E-state index >= 15 is 0 Å². The molecule has 2 N–H and O–H groups in total. The van der Waals surface area contributed by atoms with Gasteiger partial charge in [0.05, 0.1) is 6.20 Å². The normalized spacial score (nSPS) is 22.2. The molecule has 1 aliphatic heterocycles. The number of hydrogen-bond acceptors (Lipinski definition) is 2. The summed E-state index contributed by atoms with van der Waals surface area (Å²) in [6.07, 6.45) is 5.80. The van der Waals surface area contributed by atoms with Crippen molar-refractivity contribution in [1.82, 2.24) is 15.5 Å². The second-order valence-corrected chi connectivity index (χ2v) is 4.88. The summed E-state index contributed by atoms with van der Waals surface area (Å²) in [4.78, 5) is 0. The van der Waals surface area contributed by atoms with Gasteiger partial charge in [-0.05, 0) is 49.8 Å². The van der Waals surface area contributed by atoms with Crippen molar-refractivity contribution in [3.05, 3.63) is 17.5 Å². The van der Waals surface area contributed by atoms with Crippen LogP contribution in [0.15, 0.2) is 6.20 Å². The molecule has 0 aromatic carbocycles. The van der Waals surface area contributed by atoms with Crippen molar-refractivity contribution in [2.45, 2.75) is 39.0 Å². The van der Waals surface area contributed by atoms with Gasteiger partial charge in [-0.1, -0.05) is 13.8 Å². The SMILES string of the molecule is CC(C)c1cn[nH]c1CC1CCCNC1. The van der Waals surface area contributed by atoms with Crippen LogP contribution >= 0.6 is 0 Å². The Balaban J connectivity index is 1.99. The molecule has 1 aromatic heterocycles. The van der Waals surface area contributed by atoms with E-state index in [0.717, 1.165) is 18.9 Å². The third-order valence-electron chi connectivity index (χ3n) is 3.27. The summed E-state index contributed by atoms with van der Waals surface area (Å²) >= 11 is 0. The molecule has 84 valence electrons. The standard InChI is InChI=1S/C12H21N3/c1-9(2)11-8-14-15-12(11)6-10-4-3-5-13-7-10/h8-10,13H,3-7H2,1-2H3,(H,14,15). The lowest BCUT2D eigenvalue weighted by Crippen LogP contribution is -2.31. The minimum atomic E-state index is 0.579. The van der Waals surface area contributed by atoms with E-state index in [1.54, 1.807) is 0 Å². The second-order valence-electron chi connectivity index (χ2n) is 4.88. The van der Waals surface area contributed by atoms with Gasteiger partial charge >= 0.3 is 0 Å². The minimum absolute atomic E-state index is 0.579. The van der Waals surface area contributed by atoms with Crippen LogP contribution in [0.25, 0.3) is 0 Å². The molecule has 3 heteroatoms. The molecular formula is C12H21N3. The number of piperidine rings is 1. The summed E-state index contributed by atoms with van der Waals surface area (Å²) in [5.41, 5.74) is 2.74. The van der Waals surface area contributed by atoms with Gasteiger partial charge in [0.1, 0.15) is 0 Å². The summed E-state index contributed by atoms with van der Waals surface area (Å²) in [6, 6.07) is 0. The Morgan fingerprint density at radius 3 is 3.07 bits per heavy atom. The zero-order chi connectivity index (χ0) is 10.7. The molecule has 1 saturated heterocycles. The lowest BCUT2D eigenvalue weighted by molar-refractivity contribution is 0.372. The van der Waals surface area contributed by atoms with E-state index in [4.69, 9.17) is 0 Å². The van der Waals surface area contributed by atoms with Crippen molar-refractivity contribution >= 4 is 0 Å². The molecule has 0 amide bonds. The van der Waals surface area contributed by atoms with Crippen molar-refractivity contribution in [2.75, 3.05) is 13.1 Å². The van der Waals surface area contributed by atoms with Gasteiger partial charge in [0.15, 0.2) is 0 Å². The number of rotatable bonds is 3. The van der Waals surface area contributed by atoms with Crippen molar-refractivity contribution in [3.63, 3.8) is 0 Å². The van der Waals surface area contributed by atoms with Gasteiger partial charge in [-0.3, -0.25) is 5.10 Å². The smallest absolute Gasteiger partial charge is 0.0524 e. The van der Waals surface area contributed by atoms with E-state index in [0.29, 0.717) is 5.92 Å². The fourth-order valence-corrected chi connectivity index (χ4v) is 2.37. The van der Waals surface area contributed by atoms with Crippen molar-refractivity contribution in [1.29, 1.82) is 0 Å². The van der Waals surface area contributed by atoms with Gasteiger partial charge in [0.25, 0.3) is 0 Å². The summed E-state index contributed by atoms with van der Waals surface area (Å²) < 4.78 is 0. The largest absolute Gasteiger partial charge is 0.316 e. The van der Waals surface area contributed by atoms with Crippen LogP contribution in [0.1, 0.15) is 43.9 Å².